The first-order valence-electron chi connectivity index (χ1n) is 0.908. The molecule has 0 spiro atoms. The number of carboxylic acid groups (broad SMARTS) is 1. The molecule has 0 fully saturated rings. The van der Waals surface area contributed by atoms with E-state index in [0.29, 0.717) is 0 Å². The number of carbonyl (C=O) groups is 1. The molecule has 0 rings (SSSR count). The van der Waals surface area contributed by atoms with Gasteiger partial charge in [-0.1, -0.05) is 0 Å². The second-order valence-electron chi connectivity index (χ2n) is 0.492. The van der Waals surface area contributed by atoms with Crippen LogP contribution >= 0.6 is 0 Å². The number of hydrogen-bond donors (Lipinski definition) is 1. The van der Waals surface area contributed by atoms with E-state index in [-0.39, 0.29) is 26.3 Å². The Labute approximate surface area is 49.7 Å². The summed E-state index contributed by atoms with van der Waals surface area (Å²) in [6.07, 6.45) is 0. The maximum Gasteiger partial charge on any atom is 0.0383 e. The third kappa shape index (κ3) is 6140. The zero-order chi connectivity index (χ0) is 3.58. The number of carbonyl (C=O) groups excluding carboxylic acids is 1. The zero-order valence-electron chi connectivity index (χ0n) is 3.65. The molecule has 41 valence electrons. The van der Waals surface area contributed by atoms with Crippen molar-refractivity contribution in [2.75, 3.05) is 0 Å². The summed E-state index contributed by atoms with van der Waals surface area (Å²) in [4.78, 5) is 8.89. The molecule has 6 heavy (non-hydrogen) atoms. The summed E-state index contributed by atoms with van der Waals surface area (Å²) in [6.45, 7) is 0.972. The Morgan fingerprint density at radius 3 is 1.67 bits per heavy atom. The molecule has 0 aromatic heterocycles. The molecule has 0 amide bonds. The van der Waals surface area contributed by atoms with Gasteiger partial charge in [0, 0.05) is 26.1 Å². The first-order valence-corrected chi connectivity index (χ1v) is 0.908. The first kappa shape index (κ1) is 16.5. The normalized spacial score (nSPS) is 4.17. The van der Waals surface area contributed by atoms with Gasteiger partial charge in [-0.05, 0) is 6.92 Å². The maximum atomic E-state index is 8.89. The monoisotopic (exact) mass is 270 g/mol. The van der Waals surface area contributed by atoms with Gasteiger partial charge >= 0.3 is 0 Å². The van der Waals surface area contributed by atoms with Crippen LogP contribution in [0.4, 0.5) is 0 Å². The minimum absolute atomic E-state index is 0. The van der Waals surface area contributed by atoms with Crippen LogP contribution in [0.15, 0.2) is 0 Å². The van der Waals surface area contributed by atoms with Crippen LogP contribution < -0.4 is 11.3 Å². The van der Waals surface area contributed by atoms with Crippen LogP contribution in [0.25, 0.3) is 0 Å². The molecule has 0 aromatic carbocycles. The fourth-order valence-electron chi connectivity index (χ4n) is 0. The smallest absolute Gasteiger partial charge is 0.0383 e. The molecule has 0 heterocycles. The van der Waals surface area contributed by atoms with Gasteiger partial charge in [-0.15, -0.1) is 0 Å². The van der Waals surface area contributed by atoms with Crippen LogP contribution in [0.5, 0.6) is 0 Å². The van der Waals surface area contributed by atoms with Gasteiger partial charge in [0.15, 0.2) is 0 Å². The van der Waals surface area contributed by atoms with Gasteiger partial charge in [0.25, 0.3) is 0 Å². The Morgan fingerprint density at radius 2 is 1.67 bits per heavy atom. The van der Waals surface area contributed by atoms with E-state index in [9.17, 15) is 0 Å². The summed E-state index contributed by atoms with van der Waals surface area (Å²) in [7, 11) is 0. The topological polar surface area (TPSA) is 76.6 Å². The Kier molecular flexibility index (Phi) is 24.6. The summed E-state index contributed by atoms with van der Waals surface area (Å²) >= 11 is 0. The van der Waals surface area contributed by atoms with Gasteiger partial charge in [-0.2, -0.15) is 0 Å². The summed E-state index contributed by atoms with van der Waals surface area (Å²) in [5, 5.41) is 8.89. The molecular formula is C2H7IrNO2. The third-order valence-corrected chi connectivity index (χ3v) is 0. The predicted octanol–water partition coefficient (Wildman–Crippen LogP) is -0.870. The van der Waals surface area contributed by atoms with Gasteiger partial charge in [-0.3, -0.25) is 0 Å². The fourth-order valence-corrected chi connectivity index (χ4v) is 0. The molecule has 4 N–H and O–H groups in total. The maximum absolute atomic E-state index is 8.89. The number of aliphatic carboxylic acids is 1. The van der Waals surface area contributed by atoms with Gasteiger partial charge in [0.05, 0.1) is 0 Å². The van der Waals surface area contributed by atoms with Crippen molar-refractivity contribution in [2.45, 2.75) is 6.92 Å². The quantitative estimate of drug-likeness (QED) is 0.620. The molecular weight excluding hydrogens is 262 g/mol. The molecule has 1 radical (unpaired) electrons. The number of quaternary nitrogens is 1. The second-order valence-corrected chi connectivity index (χ2v) is 0.492. The van der Waals surface area contributed by atoms with Crippen molar-refractivity contribution >= 4 is 5.97 Å². The second kappa shape index (κ2) is 8.91. The zero-order valence-corrected chi connectivity index (χ0v) is 6.04. The van der Waals surface area contributed by atoms with E-state index in [4.69, 9.17) is 9.90 Å². The van der Waals surface area contributed by atoms with E-state index in [1.807, 2.05) is 0 Å². The van der Waals surface area contributed by atoms with Crippen LogP contribution in [0.3, 0.4) is 0 Å². The van der Waals surface area contributed by atoms with Crippen molar-refractivity contribution in [1.82, 2.24) is 6.15 Å². The van der Waals surface area contributed by atoms with Crippen LogP contribution in [0, 0.1) is 0 Å². The third-order valence-electron chi connectivity index (χ3n) is 0. The summed E-state index contributed by atoms with van der Waals surface area (Å²) in [5.41, 5.74) is 0. The van der Waals surface area contributed by atoms with Crippen molar-refractivity contribution in [1.29, 1.82) is 0 Å². The standard InChI is InChI=1S/C2H4O2.Ir.H3N/c1-2(3)4;;/h1H3,(H,3,4);;1H3. The van der Waals surface area contributed by atoms with Gasteiger partial charge < -0.3 is 16.1 Å². The first-order chi connectivity index (χ1) is 1.73. The summed E-state index contributed by atoms with van der Waals surface area (Å²) in [6, 6.07) is 0. The summed E-state index contributed by atoms with van der Waals surface area (Å²) < 4.78 is 0. The van der Waals surface area contributed by atoms with Gasteiger partial charge in [-0.25, -0.2) is 0 Å². The van der Waals surface area contributed by atoms with Crippen LogP contribution in [-0.2, 0) is 24.9 Å². The predicted molar refractivity (Wildman–Crippen MR) is 16.7 cm³/mol. The Morgan fingerprint density at radius 1 is 1.67 bits per heavy atom. The van der Waals surface area contributed by atoms with Crippen molar-refractivity contribution < 1.29 is 30.0 Å². The molecule has 0 aromatic rings. The van der Waals surface area contributed by atoms with Crippen molar-refractivity contribution in [3.8, 4) is 0 Å². The molecule has 3 nitrogen and oxygen atoms in total. The molecule has 0 unspecified atom stereocenters. The van der Waals surface area contributed by atoms with Crippen LogP contribution in [0.1, 0.15) is 6.92 Å². The fraction of sp³-hybridized carbons (Fsp3) is 0.500. The van der Waals surface area contributed by atoms with Crippen LogP contribution in [-0.4, -0.2) is 5.97 Å². The molecule has 0 saturated heterocycles. The van der Waals surface area contributed by atoms with E-state index < -0.39 is 5.97 Å². The van der Waals surface area contributed by atoms with Crippen molar-refractivity contribution in [2.24, 2.45) is 0 Å². The molecule has 0 atom stereocenters. The van der Waals surface area contributed by atoms with Gasteiger partial charge in [0.2, 0.25) is 0 Å². The number of rotatable bonds is 0. The molecule has 0 aliphatic heterocycles. The molecule has 0 aliphatic carbocycles. The largest absolute Gasteiger partial charge is 0.550 e. The molecule has 0 saturated carbocycles. The van der Waals surface area contributed by atoms with Crippen molar-refractivity contribution in [3.63, 3.8) is 0 Å². The molecule has 0 bridgehead atoms. The molecule has 0 aliphatic rings. The van der Waals surface area contributed by atoms with Crippen LogP contribution in [0.2, 0.25) is 0 Å². The van der Waals surface area contributed by atoms with E-state index in [1.54, 1.807) is 0 Å². The molecule has 4 heteroatoms. The Bertz CT molecular complexity index is 34.5. The van der Waals surface area contributed by atoms with E-state index >= 15 is 0 Å². The number of carboxylic acids is 1. The summed E-state index contributed by atoms with van der Waals surface area (Å²) in [5.74, 6) is -1.08. The Hall–Kier alpha value is 0.0794. The average Bonchev–Trinajstić information content (AvgIpc) is 0.811. The SMILES string of the molecule is CC(=O)[O-].[Ir].[NH4+]. The minimum Gasteiger partial charge on any atom is -0.550 e. The van der Waals surface area contributed by atoms with Crippen molar-refractivity contribution in [3.05, 3.63) is 0 Å². The van der Waals surface area contributed by atoms with E-state index in [1.165, 1.54) is 0 Å². The van der Waals surface area contributed by atoms with E-state index in [2.05, 4.69) is 0 Å². The van der Waals surface area contributed by atoms with E-state index in [0.717, 1.165) is 6.92 Å². The average molecular weight is 269 g/mol. The minimum atomic E-state index is -1.08. The Balaban J connectivity index is -0.0000000450. The number of hydrogen-bond acceptors (Lipinski definition) is 2. The van der Waals surface area contributed by atoms with Gasteiger partial charge in [0.1, 0.15) is 0 Å².